The molecule has 6 nitrogen and oxygen atoms in total. The molecule has 0 atom stereocenters. The van der Waals surface area contributed by atoms with Gasteiger partial charge in [-0.1, -0.05) is 24.3 Å². The molecule has 1 aromatic heterocycles. The largest absolute Gasteiger partial charge is 0.417 e. The highest BCUT2D eigenvalue weighted by molar-refractivity contribution is 6.05. The molecule has 9 heteroatoms. The Morgan fingerprint density at radius 3 is 2.38 bits per heavy atom. The van der Waals surface area contributed by atoms with Crippen LogP contribution in [-0.2, 0) is 6.18 Å². The van der Waals surface area contributed by atoms with Crippen LogP contribution >= 0.6 is 0 Å². The van der Waals surface area contributed by atoms with Gasteiger partial charge in [-0.3, -0.25) is 4.79 Å². The Morgan fingerprint density at radius 1 is 0.938 bits per heavy atom. The van der Waals surface area contributed by atoms with Crippen molar-refractivity contribution in [3.63, 3.8) is 0 Å². The molecule has 1 saturated heterocycles. The van der Waals surface area contributed by atoms with Crippen LogP contribution in [-0.4, -0.2) is 54.2 Å². The third-order valence-electron chi connectivity index (χ3n) is 5.37. The van der Waals surface area contributed by atoms with Crippen LogP contribution in [0.15, 0.2) is 60.7 Å². The lowest BCUT2D eigenvalue weighted by molar-refractivity contribution is -0.137. The van der Waals surface area contributed by atoms with E-state index in [1.807, 2.05) is 12.1 Å². The summed E-state index contributed by atoms with van der Waals surface area (Å²) < 4.78 is 39.7. The lowest BCUT2D eigenvalue weighted by atomic mass is 10.1. The number of nitrogens with zero attached hydrogens (tertiary/aromatic N) is 4. The van der Waals surface area contributed by atoms with Gasteiger partial charge in [0.2, 0.25) is 0 Å². The Morgan fingerprint density at radius 2 is 1.69 bits per heavy atom. The summed E-state index contributed by atoms with van der Waals surface area (Å²) in [6.07, 6.45) is -4.61. The third-order valence-corrected chi connectivity index (χ3v) is 5.37. The van der Waals surface area contributed by atoms with Gasteiger partial charge >= 0.3 is 6.18 Å². The zero-order valence-electron chi connectivity index (χ0n) is 17.4. The number of benzene rings is 2. The molecule has 3 aromatic rings. The standard InChI is InChI=1S/C23H22F3N5O/c1-30-11-13-31(14-12-30)21-10-9-20(28-29-21)16-5-4-6-17(15-16)27-22(32)18-7-2-3-8-19(18)23(24,25)26/h2-10,15H,11-14H2,1H3,(H,27,32). The minimum Gasteiger partial charge on any atom is -0.353 e. The fourth-order valence-electron chi connectivity index (χ4n) is 3.57. The molecule has 0 saturated carbocycles. The number of rotatable bonds is 4. The maximum Gasteiger partial charge on any atom is 0.417 e. The number of anilines is 2. The lowest BCUT2D eigenvalue weighted by Crippen LogP contribution is -2.44. The van der Waals surface area contributed by atoms with Crippen molar-refractivity contribution in [2.45, 2.75) is 6.18 Å². The summed E-state index contributed by atoms with van der Waals surface area (Å²) in [5, 5.41) is 11.2. The summed E-state index contributed by atoms with van der Waals surface area (Å²) in [5.74, 6) is -0.0263. The second-order valence-corrected chi connectivity index (χ2v) is 7.65. The lowest BCUT2D eigenvalue weighted by Gasteiger charge is -2.32. The fourth-order valence-corrected chi connectivity index (χ4v) is 3.57. The maximum atomic E-state index is 13.2. The van der Waals surface area contributed by atoms with Gasteiger partial charge in [-0.15, -0.1) is 10.2 Å². The summed E-state index contributed by atoms with van der Waals surface area (Å²) >= 11 is 0. The van der Waals surface area contributed by atoms with E-state index in [1.165, 1.54) is 12.1 Å². The van der Waals surface area contributed by atoms with Crippen LogP contribution in [0.3, 0.4) is 0 Å². The van der Waals surface area contributed by atoms with Gasteiger partial charge in [0.25, 0.3) is 5.91 Å². The maximum absolute atomic E-state index is 13.2. The molecule has 0 unspecified atom stereocenters. The van der Waals surface area contributed by atoms with E-state index >= 15 is 0 Å². The molecule has 0 aliphatic carbocycles. The quantitative estimate of drug-likeness (QED) is 0.659. The van der Waals surface area contributed by atoms with E-state index in [4.69, 9.17) is 0 Å². The van der Waals surface area contributed by atoms with E-state index in [0.717, 1.165) is 44.1 Å². The van der Waals surface area contributed by atoms with Crippen molar-refractivity contribution in [2.24, 2.45) is 0 Å². The molecule has 2 heterocycles. The number of halogens is 3. The highest BCUT2D eigenvalue weighted by Gasteiger charge is 2.34. The number of likely N-dealkylation sites (N-methyl/N-ethyl adjacent to an activating group) is 1. The third kappa shape index (κ3) is 4.88. The average Bonchev–Trinajstić information content (AvgIpc) is 2.79. The molecule has 166 valence electrons. The molecular weight excluding hydrogens is 419 g/mol. The summed E-state index contributed by atoms with van der Waals surface area (Å²) in [4.78, 5) is 17.0. The van der Waals surface area contributed by atoms with Crippen molar-refractivity contribution in [1.29, 1.82) is 0 Å². The first-order valence-corrected chi connectivity index (χ1v) is 10.2. The Balaban J connectivity index is 1.50. The Bertz CT molecular complexity index is 1090. The minimum atomic E-state index is -4.61. The Kier molecular flexibility index (Phi) is 6.09. The van der Waals surface area contributed by atoms with Crippen LogP contribution in [0.25, 0.3) is 11.3 Å². The average molecular weight is 441 g/mol. The number of carbonyl (C=O) groups excluding carboxylic acids is 1. The minimum absolute atomic E-state index is 0.370. The zero-order chi connectivity index (χ0) is 22.7. The van der Waals surface area contributed by atoms with Crippen molar-refractivity contribution in [3.8, 4) is 11.3 Å². The van der Waals surface area contributed by atoms with Gasteiger partial charge < -0.3 is 15.1 Å². The van der Waals surface area contributed by atoms with E-state index in [2.05, 4.69) is 32.4 Å². The van der Waals surface area contributed by atoms with Gasteiger partial charge in [-0.25, -0.2) is 0 Å². The number of piperazine rings is 1. The smallest absolute Gasteiger partial charge is 0.353 e. The zero-order valence-corrected chi connectivity index (χ0v) is 17.4. The predicted molar refractivity (Wildman–Crippen MR) is 117 cm³/mol. The van der Waals surface area contributed by atoms with E-state index in [9.17, 15) is 18.0 Å². The molecule has 4 rings (SSSR count). The topological polar surface area (TPSA) is 61.4 Å². The van der Waals surface area contributed by atoms with Crippen LogP contribution in [0.4, 0.5) is 24.7 Å². The molecule has 0 spiro atoms. The summed E-state index contributed by atoms with van der Waals surface area (Å²) in [7, 11) is 2.08. The first-order chi connectivity index (χ1) is 15.3. The second-order valence-electron chi connectivity index (χ2n) is 7.65. The van der Waals surface area contributed by atoms with Crippen molar-refractivity contribution in [2.75, 3.05) is 43.4 Å². The number of nitrogens with one attached hydrogen (secondary N) is 1. The Labute approximate surface area is 183 Å². The van der Waals surface area contributed by atoms with Crippen LogP contribution in [0.1, 0.15) is 15.9 Å². The number of aromatic nitrogens is 2. The van der Waals surface area contributed by atoms with E-state index in [1.54, 1.807) is 24.3 Å². The van der Waals surface area contributed by atoms with E-state index < -0.39 is 23.2 Å². The molecule has 1 amide bonds. The molecule has 32 heavy (non-hydrogen) atoms. The van der Waals surface area contributed by atoms with Crippen LogP contribution in [0, 0.1) is 0 Å². The number of hydrogen-bond donors (Lipinski definition) is 1. The molecule has 0 radical (unpaired) electrons. The van der Waals surface area contributed by atoms with Crippen LogP contribution in [0.2, 0.25) is 0 Å². The molecule has 1 aliphatic heterocycles. The van der Waals surface area contributed by atoms with Crippen LogP contribution in [0.5, 0.6) is 0 Å². The van der Waals surface area contributed by atoms with Crippen molar-refractivity contribution >= 4 is 17.4 Å². The van der Waals surface area contributed by atoms with Gasteiger partial charge in [-0.2, -0.15) is 13.2 Å². The van der Waals surface area contributed by atoms with Crippen molar-refractivity contribution < 1.29 is 18.0 Å². The summed E-state index contributed by atoms with van der Waals surface area (Å²) in [6, 6.07) is 15.2. The van der Waals surface area contributed by atoms with Crippen molar-refractivity contribution in [3.05, 3.63) is 71.8 Å². The molecule has 0 bridgehead atoms. The normalized spacial score (nSPS) is 14.9. The second kappa shape index (κ2) is 8.96. The Hall–Kier alpha value is -3.46. The van der Waals surface area contributed by atoms with E-state index in [0.29, 0.717) is 16.9 Å². The van der Waals surface area contributed by atoms with E-state index in [-0.39, 0.29) is 0 Å². The summed E-state index contributed by atoms with van der Waals surface area (Å²) in [6.45, 7) is 3.68. The molecule has 1 N–H and O–H groups in total. The molecule has 2 aromatic carbocycles. The highest BCUT2D eigenvalue weighted by atomic mass is 19.4. The number of amides is 1. The predicted octanol–water partition coefficient (Wildman–Crippen LogP) is 4.17. The summed E-state index contributed by atoms with van der Waals surface area (Å²) in [5.41, 5.74) is 0.272. The van der Waals surface area contributed by atoms with Gasteiger partial charge in [0.05, 0.1) is 16.8 Å². The van der Waals surface area contributed by atoms with Crippen LogP contribution < -0.4 is 10.2 Å². The van der Waals surface area contributed by atoms with Gasteiger partial charge in [0.1, 0.15) is 0 Å². The monoisotopic (exact) mass is 441 g/mol. The number of hydrogen-bond acceptors (Lipinski definition) is 5. The first-order valence-electron chi connectivity index (χ1n) is 10.2. The number of carbonyl (C=O) groups is 1. The molecule has 1 aliphatic rings. The first kappa shape index (κ1) is 21.8. The van der Waals surface area contributed by atoms with Crippen molar-refractivity contribution in [1.82, 2.24) is 15.1 Å². The number of alkyl halides is 3. The highest BCUT2D eigenvalue weighted by Crippen LogP contribution is 2.32. The molecule has 1 fully saturated rings. The van der Waals surface area contributed by atoms with Gasteiger partial charge in [-0.05, 0) is 43.4 Å². The SMILES string of the molecule is CN1CCN(c2ccc(-c3cccc(NC(=O)c4ccccc4C(F)(F)F)c3)nn2)CC1. The van der Waals surface area contributed by atoms with Gasteiger partial charge in [0.15, 0.2) is 5.82 Å². The molecular formula is C23H22F3N5O. The fraction of sp³-hybridized carbons (Fsp3) is 0.261. The van der Waals surface area contributed by atoms with Gasteiger partial charge in [0, 0.05) is 37.4 Å².